The summed E-state index contributed by atoms with van der Waals surface area (Å²) in [6.07, 6.45) is 4.59. The fourth-order valence-electron chi connectivity index (χ4n) is 2.94. The summed E-state index contributed by atoms with van der Waals surface area (Å²) in [5.41, 5.74) is 1.72. The van der Waals surface area contributed by atoms with Crippen LogP contribution >= 0.6 is 0 Å². The Labute approximate surface area is 113 Å². The molecule has 0 saturated heterocycles. The second kappa shape index (κ2) is 6.02. The molecule has 1 N–H and O–H groups in total. The lowest BCUT2D eigenvalue weighted by atomic mass is 10.1. The maximum atomic E-state index is 11.0. The summed E-state index contributed by atoms with van der Waals surface area (Å²) in [5, 5.41) is 20.3. The van der Waals surface area contributed by atoms with Crippen molar-refractivity contribution in [2.45, 2.75) is 38.6 Å². The maximum absolute atomic E-state index is 11.0. The molecule has 19 heavy (non-hydrogen) atoms. The van der Waals surface area contributed by atoms with Gasteiger partial charge >= 0.3 is 0 Å². The smallest absolute Gasteiger partial charge is 0.274 e. The van der Waals surface area contributed by atoms with Crippen LogP contribution in [0.2, 0.25) is 0 Å². The first-order valence-electron chi connectivity index (χ1n) is 6.76. The molecule has 0 radical (unpaired) electrons. The first-order chi connectivity index (χ1) is 9.15. The number of hydrogen-bond donors (Lipinski definition) is 1. The summed E-state index contributed by atoms with van der Waals surface area (Å²) in [5.74, 6) is 0. The highest BCUT2D eigenvalue weighted by molar-refractivity contribution is 5.62. The van der Waals surface area contributed by atoms with Gasteiger partial charge in [0, 0.05) is 24.3 Å². The molecule has 1 aromatic carbocycles. The van der Waals surface area contributed by atoms with Gasteiger partial charge in [-0.3, -0.25) is 10.1 Å². The monoisotopic (exact) mass is 264 g/mol. The third kappa shape index (κ3) is 2.87. The number of nitrogens with zero attached hydrogens (tertiary/aromatic N) is 2. The normalized spacial score (nSPS) is 15.7. The van der Waals surface area contributed by atoms with E-state index >= 15 is 0 Å². The van der Waals surface area contributed by atoms with Crippen LogP contribution in [-0.4, -0.2) is 29.2 Å². The quantitative estimate of drug-likeness (QED) is 0.656. The Kier molecular flexibility index (Phi) is 4.37. The molecule has 1 aliphatic carbocycles. The molecular formula is C14H20N2O3. The zero-order chi connectivity index (χ0) is 13.8. The molecular weight excluding hydrogens is 244 g/mol. The van der Waals surface area contributed by atoms with E-state index in [9.17, 15) is 15.2 Å². The van der Waals surface area contributed by atoms with Crippen LogP contribution in [0, 0.1) is 17.0 Å². The van der Waals surface area contributed by atoms with Gasteiger partial charge in [-0.05, 0) is 25.8 Å². The first-order valence-corrected chi connectivity index (χ1v) is 6.76. The third-order valence-corrected chi connectivity index (χ3v) is 3.89. The van der Waals surface area contributed by atoms with Crippen LogP contribution in [0.4, 0.5) is 11.4 Å². The van der Waals surface area contributed by atoms with Gasteiger partial charge in [0.25, 0.3) is 5.69 Å². The van der Waals surface area contributed by atoms with Crippen molar-refractivity contribution in [2.75, 3.05) is 18.1 Å². The highest BCUT2D eigenvalue weighted by atomic mass is 16.6. The minimum atomic E-state index is -0.343. The molecule has 1 fully saturated rings. The molecule has 0 bridgehead atoms. The van der Waals surface area contributed by atoms with Gasteiger partial charge in [-0.25, -0.2) is 0 Å². The fraction of sp³-hybridized carbons (Fsp3) is 0.571. The third-order valence-electron chi connectivity index (χ3n) is 3.89. The Hall–Kier alpha value is -1.62. The average molecular weight is 264 g/mol. The summed E-state index contributed by atoms with van der Waals surface area (Å²) in [7, 11) is 0. The lowest BCUT2D eigenvalue weighted by Crippen LogP contribution is -2.36. The van der Waals surface area contributed by atoms with Gasteiger partial charge in [0.2, 0.25) is 0 Å². The molecule has 104 valence electrons. The number of anilines is 1. The zero-order valence-electron chi connectivity index (χ0n) is 11.2. The van der Waals surface area contributed by atoms with Crippen molar-refractivity contribution in [3.63, 3.8) is 0 Å². The zero-order valence-corrected chi connectivity index (χ0v) is 11.2. The van der Waals surface area contributed by atoms with Gasteiger partial charge in [0.15, 0.2) is 0 Å². The molecule has 1 saturated carbocycles. The molecule has 1 aliphatic rings. The predicted molar refractivity (Wildman–Crippen MR) is 74.5 cm³/mol. The Balaban J connectivity index is 2.35. The molecule has 5 nitrogen and oxygen atoms in total. The summed E-state index contributed by atoms with van der Waals surface area (Å²) < 4.78 is 0. The van der Waals surface area contributed by atoms with E-state index in [1.807, 2.05) is 6.07 Å². The van der Waals surface area contributed by atoms with E-state index in [1.165, 1.54) is 18.9 Å². The van der Waals surface area contributed by atoms with Crippen molar-refractivity contribution in [3.05, 3.63) is 33.9 Å². The molecule has 0 heterocycles. The highest BCUT2D eigenvalue weighted by Crippen LogP contribution is 2.33. The number of aliphatic hydroxyl groups excluding tert-OH is 1. The van der Waals surface area contributed by atoms with E-state index in [2.05, 4.69) is 4.90 Å². The molecule has 0 aliphatic heterocycles. The lowest BCUT2D eigenvalue weighted by molar-refractivity contribution is -0.385. The fourth-order valence-corrected chi connectivity index (χ4v) is 2.94. The largest absolute Gasteiger partial charge is 0.395 e. The summed E-state index contributed by atoms with van der Waals surface area (Å²) in [6, 6.07) is 5.56. The molecule has 5 heteroatoms. The van der Waals surface area contributed by atoms with Gasteiger partial charge in [-0.15, -0.1) is 0 Å². The Morgan fingerprint density at radius 3 is 2.68 bits per heavy atom. The van der Waals surface area contributed by atoms with Crippen LogP contribution in [0.1, 0.15) is 31.2 Å². The molecule has 0 spiro atoms. The molecule has 0 amide bonds. The van der Waals surface area contributed by atoms with Crippen molar-refractivity contribution in [1.82, 2.24) is 0 Å². The first kappa shape index (κ1) is 13.8. The number of rotatable bonds is 5. The van der Waals surface area contributed by atoms with Crippen LogP contribution in [0.3, 0.4) is 0 Å². The van der Waals surface area contributed by atoms with Gasteiger partial charge in [-0.2, -0.15) is 0 Å². The van der Waals surface area contributed by atoms with Crippen LogP contribution in [-0.2, 0) is 0 Å². The van der Waals surface area contributed by atoms with Crippen molar-refractivity contribution < 1.29 is 10.0 Å². The summed E-state index contributed by atoms with van der Waals surface area (Å²) in [6.45, 7) is 2.39. The number of benzene rings is 1. The van der Waals surface area contributed by atoms with Crippen molar-refractivity contribution in [2.24, 2.45) is 0 Å². The van der Waals surface area contributed by atoms with Crippen molar-refractivity contribution >= 4 is 11.4 Å². The van der Waals surface area contributed by atoms with Crippen molar-refractivity contribution in [3.8, 4) is 0 Å². The van der Waals surface area contributed by atoms with Gasteiger partial charge in [0.05, 0.1) is 17.1 Å². The van der Waals surface area contributed by atoms with Gasteiger partial charge in [0.1, 0.15) is 0 Å². The SMILES string of the molecule is Cc1c(N(CCO)C2CCCC2)cccc1[N+](=O)[O-]. The number of nitro benzene ring substituents is 1. The minimum absolute atomic E-state index is 0.0681. The summed E-state index contributed by atoms with van der Waals surface area (Å²) in [4.78, 5) is 12.8. The van der Waals surface area contributed by atoms with Crippen molar-refractivity contribution in [1.29, 1.82) is 0 Å². The maximum Gasteiger partial charge on any atom is 0.274 e. The minimum Gasteiger partial charge on any atom is -0.395 e. The molecule has 0 unspecified atom stereocenters. The van der Waals surface area contributed by atoms with E-state index in [1.54, 1.807) is 13.0 Å². The second-order valence-electron chi connectivity index (χ2n) is 5.03. The van der Waals surface area contributed by atoms with Gasteiger partial charge in [-0.1, -0.05) is 18.9 Å². The van der Waals surface area contributed by atoms with E-state index in [-0.39, 0.29) is 17.2 Å². The Morgan fingerprint density at radius 1 is 1.42 bits per heavy atom. The predicted octanol–water partition coefficient (Wildman–Crippen LogP) is 2.64. The highest BCUT2D eigenvalue weighted by Gasteiger charge is 2.25. The molecule has 1 aromatic rings. The number of nitro groups is 1. The van der Waals surface area contributed by atoms with Crippen LogP contribution in [0.15, 0.2) is 18.2 Å². The van der Waals surface area contributed by atoms with E-state index in [4.69, 9.17) is 0 Å². The standard InChI is InChI=1S/C14H20N2O3/c1-11-13(7-4-8-14(11)16(18)19)15(9-10-17)12-5-2-3-6-12/h4,7-8,12,17H,2-3,5-6,9-10H2,1H3. The Bertz CT molecular complexity index is 456. The number of hydrogen-bond acceptors (Lipinski definition) is 4. The van der Waals surface area contributed by atoms with Crippen LogP contribution < -0.4 is 4.90 Å². The Morgan fingerprint density at radius 2 is 2.11 bits per heavy atom. The van der Waals surface area contributed by atoms with Gasteiger partial charge < -0.3 is 10.0 Å². The topological polar surface area (TPSA) is 66.6 Å². The average Bonchev–Trinajstić information content (AvgIpc) is 2.90. The molecule has 2 rings (SSSR count). The number of aliphatic hydroxyl groups is 1. The second-order valence-corrected chi connectivity index (χ2v) is 5.03. The van der Waals surface area contributed by atoms with E-state index in [0.717, 1.165) is 18.5 Å². The molecule has 0 atom stereocenters. The van der Waals surface area contributed by atoms with E-state index in [0.29, 0.717) is 18.2 Å². The summed E-state index contributed by atoms with van der Waals surface area (Å²) >= 11 is 0. The molecule has 0 aromatic heterocycles. The van der Waals surface area contributed by atoms with E-state index < -0.39 is 0 Å². The lowest BCUT2D eigenvalue weighted by Gasteiger charge is -2.31. The van der Waals surface area contributed by atoms with Crippen LogP contribution in [0.25, 0.3) is 0 Å². The van der Waals surface area contributed by atoms with Crippen LogP contribution in [0.5, 0.6) is 0 Å².